The second-order valence-electron chi connectivity index (χ2n) is 4.32. The minimum Gasteiger partial charge on any atom is -0.317 e. The summed E-state index contributed by atoms with van der Waals surface area (Å²) in [6.07, 6.45) is -3.03. The van der Waals surface area contributed by atoms with Crippen LogP contribution in [0.25, 0.3) is 0 Å². The Kier molecular flexibility index (Phi) is 2.63. The Bertz CT molecular complexity index is 190. The normalized spacial score (nSPS) is 42.0. The van der Waals surface area contributed by atoms with Gasteiger partial charge in [-0.2, -0.15) is 13.2 Å². The van der Waals surface area contributed by atoms with E-state index < -0.39 is 17.6 Å². The maximum atomic E-state index is 12.6. The molecule has 3 unspecified atom stereocenters. The fourth-order valence-corrected chi connectivity index (χ4v) is 2.08. The zero-order valence-corrected chi connectivity index (χ0v) is 7.99. The summed E-state index contributed by atoms with van der Waals surface area (Å²) in [5.74, 6) is -0.0923. The molecule has 13 heavy (non-hydrogen) atoms. The van der Waals surface area contributed by atoms with Crippen molar-refractivity contribution < 1.29 is 13.2 Å². The van der Waals surface area contributed by atoms with E-state index in [-0.39, 0.29) is 6.42 Å². The highest BCUT2D eigenvalue weighted by molar-refractivity contribution is 4.99. The standard InChI is InChI=1S/C9H16F3N/c1-6-3-4-8(13,7(2)5-6)9(10,11)12/h6-7H,3-5,13H2,1-2H3. The molecule has 0 aliphatic heterocycles. The predicted octanol–water partition coefficient (Wildman–Crippen LogP) is 2.70. The third-order valence-corrected chi connectivity index (χ3v) is 3.21. The van der Waals surface area contributed by atoms with E-state index in [0.717, 1.165) is 0 Å². The highest BCUT2D eigenvalue weighted by atomic mass is 19.4. The lowest BCUT2D eigenvalue weighted by Crippen LogP contribution is -2.60. The van der Waals surface area contributed by atoms with Gasteiger partial charge in [-0.15, -0.1) is 0 Å². The fraction of sp³-hybridized carbons (Fsp3) is 1.00. The van der Waals surface area contributed by atoms with Gasteiger partial charge < -0.3 is 5.73 Å². The minimum absolute atomic E-state index is 0.0683. The first-order chi connectivity index (χ1) is 5.77. The summed E-state index contributed by atoms with van der Waals surface area (Å²) < 4.78 is 37.7. The third-order valence-electron chi connectivity index (χ3n) is 3.21. The molecule has 1 saturated carbocycles. The molecule has 3 atom stereocenters. The monoisotopic (exact) mass is 195 g/mol. The van der Waals surface area contributed by atoms with Crippen LogP contribution in [0.5, 0.6) is 0 Å². The summed E-state index contributed by atoms with van der Waals surface area (Å²) in [5.41, 5.74) is 3.47. The van der Waals surface area contributed by atoms with Gasteiger partial charge in [0.1, 0.15) is 5.54 Å². The molecule has 1 aliphatic carbocycles. The fourth-order valence-electron chi connectivity index (χ4n) is 2.08. The van der Waals surface area contributed by atoms with E-state index in [1.807, 2.05) is 6.92 Å². The Hall–Kier alpha value is -0.250. The molecule has 4 heteroatoms. The van der Waals surface area contributed by atoms with Crippen molar-refractivity contribution in [2.45, 2.75) is 44.8 Å². The Morgan fingerprint density at radius 1 is 1.31 bits per heavy atom. The van der Waals surface area contributed by atoms with E-state index in [1.54, 1.807) is 6.92 Å². The number of hydrogen-bond acceptors (Lipinski definition) is 1. The molecular formula is C9H16F3N. The maximum absolute atomic E-state index is 12.6. The Balaban J connectivity index is 2.79. The third kappa shape index (κ3) is 1.82. The summed E-state index contributed by atoms with van der Waals surface area (Å²) >= 11 is 0. The summed E-state index contributed by atoms with van der Waals surface area (Å²) in [4.78, 5) is 0. The molecule has 0 aromatic carbocycles. The van der Waals surface area contributed by atoms with Crippen LogP contribution in [0.2, 0.25) is 0 Å². The van der Waals surface area contributed by atoms with Crippen LogP contribution in [0, 0.1) is 11.8 Å². The lowest BCUT2D eigenvalue weighted by atomic mass is 9.70. The first-order valence-electron chi connectivity index (χ1n) is 4.63. The summed E-state index contributed by atoms with van der Waals surface area (Å²) in [5, 5.41) is 0. The van der Waals surface area contributed by atoms with Crippen LogP contribution in [0.4, 0.5) is 13.2 Å². The summed E-state index contributed by atoms with van der Waals surface area (Å²) in [6.45, 7) is 3.58. The average molecular weight is 195 g/mol. The van der Waals surface area contributed by atoms with Gasteiger partial charge in [-0.25, -0.2) is 0 Å². The van der Waals surface area contributed by atoms with Gasteiger partial charge in [0, 0.05) is 0 Å². The van der Waals surface area contributed by atoms with Crippen molar-refractivity contribution in [3.63, 3.8) is 0 Å². The smallest absolute Gasteiger partial charge is 0.317 e. The van der Waals surface area contributed by atoms with Crippen LogP contribution in [-0.4, -0.2) is 11.7 Å². The number of rotatable bonds is 0. The molecule has 0 spiro atoms. The number of alkyl halides is 3. The Labute approximate surface area is 76.5 Å². The summed E-state index contributed by atoms with van der Waals surface area (Å²) in [7, 11) is 0. The largest absolute Gasteiger partial charge is 0.406 e. The molecule has 1 aliphatic rings. The van der Waals surface area contributed by atoms with Crippen LogP contribution >= 0.6 is 0 Å². The quantitative estimate of drug-likeness (QED) is 0.632. The molecule has 0 heterocycles. The number of hydrogen-bond donors (Lipinski definition) is 1. The van der Waals surface area contributed by atoms with Crippen molar-refractivity contribution in [3.05, 3.63) is 0 Å². The molecule has 0 bridgehead atoms. The molecule has 1 rings (SSSR count). The lowest BCUT2D eigenvalue weighted by Gasteiger charge is -2.42. The van der Waals surface area contributed by atoms with Crippen LogP contribution in [-0.2, 0) is 0 Å². The van der Waals surface area contributed by atoms with E-state index in [9.17, 15) is 13.2 Å². The molecule has 0 amide bonds. The molecule has 78 valence electrons. The van der Waals surface area contributed by atoms with Gasteiger partial charge in [0.05, 0.1) is 0 Å². The topological polar surface area (TPSA) is 26.0 Å². The molecule has 1 nitrogen and oxygen atoms in total. The second-order valence-corrected chi connectivity index (χ2v) is 4.32. The second kappa shape index (κ2) is 3.15. The maximum Gasteiger partial charge on any atom is 0.406 e. The minimum atomic E-state index is -4.26. The Morgan fingerprint density at radius 3 is 2.23 bits per heavy atom. The van der Waals surface area contributed by atoms with E-state index in [0.29, 0.717) is 18.8 Å². The molecule has 2 N–H and O–H groups in total. The summed E-state index contributed by atoms with van der Waals surface area (Å²) in [6, 6.07) is 0. The van der Waals surface area contributed by atoms with Crippen molar-refractivity contribution in [2.75, 3.05) is 0 Å². The number of nitrogens with two attached hydrogens (primary N) is 1. The first kappa shape index (κ1) is 10.8. The van der Waals surface area contributed by atoms with Crippen LogP contribution in [0.3, 0.4) is 0 Å². The van der Waals surface area contributed by atoms with Gasteiger partial charge >= 0.3 is 6.18 Å². The van der Waals surface area contributed by atoms with E-state index >= 15 is 0 Å². The van der Waals surface area contributed by atoms with Crippen molar-refractivity contribution in [1.29, 1.82) is 0 Å². The SMILES string of the molecule is CC1CCC(N)(C(F)(F)F)C(C)C1. The van der Waals surface area contributed by atoms with E-state index in [1.165, 1.54) is 0 Å². The average Bonchev–Trinajstić information content (AvgIpc) is 1.95. The van der Waals surface area contributed by atoms with Gasteiger partial charge in [0.25, 0.3) is 0 Å². The molecule has 1 fully saturated rings. The predicted molar refractivity (Wildman–Crippen MR) is 45.2 cm³/mol. The van der Waals surface area contributed by atoms with Crippen LogP contribution in [0.15, 0.2) is 0 Å². The highest BCUT2D eigenvalue weighted by Crippen LogP contribution is 2.44. The van der Waals surface area contributed by atoms with Gasteiger partial charge in [-0.3, -0.25) is 0 Å². The van der Waals surface area contributed by atoms with E-state index in [2.05, 4.69) is 0 Å². The molecular weight excluding hydrogens is 179 g/mol. The Morgan fingerprint density at radius 2 is 1.85 bits per heavy atom. The van der Waals surface area contributed by atoms with Crippen LogP contribution < -0.4 is 5.73 Å². The molecule has 0 aromatic heterocycles. The van der Waals surface area contributed by atoms with Gasteiger partial charge in [0.15, 0.2) is 0 Å². The lowest BCUT2D eigenvalue weighted by molar-refractivity contribution is -0.209. The van der Waals surface area contributed by atoms with Gasteiger partial charge in [-0.1, -0.05) is 13.8 Å². The van der Waals surface area contributed by atoms with Gasteiger partial charge in [-0.05, 0) is 31.1 Å². The van der Waals surface area contributed by atoms with E-state index in [4.69, 9.17) is 5.73 Å². The van der Waals surface area contributed by atoms with Crippen molar-refractivity contribution in [1.82, 2.24) is 0 Å². The van der Waals surface area contributed by atoms with Crippen LogP contribution in [0.1, 0.15) is 33.1 Å². The zero-order valence-electron chi connectivity index (χ0n) is 7.99. The molecule has 0 saturated heterocycles. The molecule has 0 aromatic rings. The first-order valence-corrected chi connectivity index (χ1v) is 4.63. The van der Waals surface area contributed by atoms with Crippen molar-refractivity contribution in [3.8, 4) is 0 Å². The van der Waals surface area contributed by atoms with Crippen molar-refractivity contribution in [2.24, 2.45) is 17.6 Å². The number of halogens is 3. The highest BCUT2D eigenvalue weighted by Gasteiger charge is 2.56. The molecule has 0 radical (unpaired) electrons. The zero-order chi connectivity index (χ0) is 10.3. The van der Waals surface area contributed by atoms with Gasteiger partial charge in [0.2, 0.25) is 0 Å². The van der Waals surface area contributed by atoms with Crippen molar-refractivity contribution >= 4 is 0 Å².